The summed E-state index contributed by atoms with van der Waals surface area (Å²) in [6, 6.07) is 10.4. The van der Waals surface area contributed by atoms with Crippen molar-refractivity contribution in [3.63, 3.8) is 0 Å². The zero-order valence-corrected chi connectivity index (χ0v) is 19.0. The van der Waals surface area contributed by atoms with Crippen molar-refractivity contribution in [3.8, 4) is 0 Å². The first-order valence-corrected chi connectivity index (χ1v) is 12.1. The fourth-order valence-corrected chi connectivity index (χ4v) is 5.96. The molecular weight excluding hydrogens is 400 g/mol. The molecule has 0 fully saturated rings. The van der Waals surface area contributed by atoms with Crippen molar-refractivity contribution in [1.82, 2.24) is 9.55 Å². The van der Waals surface area contributed by atoms with Crippen LogP contribution in [0.25, 0.3) is 10.2 Å². The molecule has 1 aromatic carbocycles. The largest absolute Gasteiger partial charge is 0.370 e. The lowest BCUT2D eigenvalue weighted by molar-refractivity contribution is -0.0379. The molecule has 0 saturated heterocycles. The highest BCUT2D eigenvalue weighted by atomic mass is 32.2. The summed E-state index contributed by atoms with van der Waals surface area (Å²) in [4.78, 5) is 20.6. The molecule has 0 N–H and O–H groups in total. The second kappa shape index (κ2) is 8.62. The van der Waals surface area contributed by atoms with E-state index in [0.29, 0.717) is 13.2 Å². The molecule has 0 atom stereocenters. The topological polar surface area (TPSA) is 44.1 Å². The minimum Gasteiger partial charge on any atom is -0.370 e. The third-order valence-corrected chi connectivity index (χ3v) is 7.51. The van der Waals surface area contributed by atoms with Crippen molar-refractivity contribution in [2.75, 3.05) is 5.75 Å². The Morgan fingerprint density at radius 1 is 1.28 bits per heavy atom. The maximum Gasteiger partial charge on any atom is 0.263 e. The van der Waals surface area contributed by atoms with Gasteiger partial charge >= 0.3 is 0 Å². The molecule has 0 unspecified atom stereocenters. The van der Waals surface area contributed by atoms with Crippen LogP contribution < -0.4 is 5.56 Å². The number of aromatic nitrogens is 2. The summed E-state index contributed by atoms with van der Waals surface area (Å²) >= 11 is 3.34. The van der Waals surface area contributed by atoms with Crippen LogP contribution in [-0.4, -0.2) is 20.9 Å². The van der Waals surface area contributed by atoms with Crippen LogP contribution in [0.5, 0.6) is 0 Å². The molecule has 3 aromatic rings. The summed E-state index contributed by atoms with van der Waals surface area (Å²) < 4.78 is 7.88. The highest BCUT2D eigenvalue weighted by molar-refractivity contribution is 7.99. The summed E-state index contributed by atoms with van der Waals surface area (Å²) in [6.07, 6.45) is 3.86. The van der Waals surface area contributed by atoms with E-state index < -0.39 is 0 Å². The fraction of sp³-hybridized carbons (Fsp3) is 0.478. The van der Waals surface area contributed by atoms with E-state index >= 15 is 0 Å². The van der Waals surface area contributed by atoms with Crippen LogP contribution in [0, 0.1) is 0 Å². The quantitative estimate of drug-likeness (QED) is 0.285. The minimum atomic E-state index is -0.239. The summed E-state index contributed by atoms with van der Waals surface area (Å²) in [7, 11) is 0. The Bertz CT molecular complexity index is 1050. The summed E-state index contributed by atoms with van der Waals surface area (Å²) in [5.74, 6) is 0.987. The molecule has 154 valence electrons. The number of rotatable bonds is 7. The highest BCUT2D eigenvalue weighted by Gasteiger charge is 2.31. The average Bonchev–Trinajstić information content (AvgIpc) is 3.05. The van der Waals surface area contributed by atoms with E-state index in [2.05, 4.69) is 32.9 Å². The lowest BCUT2D eigenvalue weighted by Crippen LogP contribution is -2.32. The Hall–Kier alpha value is -1.63. The number of hydrogen-bond acceptors (Lipinski definition) is 5. The number of unbranched alkanes of at least 4 members (excludes halogenated alkanes) is 1. The van der Waals surface area contributed by atoms with Gasteiger partial charge in [-0.2, -0.15) is 0 Å². The van der Waals surface area contributed by atoms with Gasteiger partial charge in [-0.3, -0.25) is 9.36 Å². The molecule has 4 nitrogen and oxygen atoms in total. The summed E-state index contributed by atoms with van der Waals surface area (Å²) in [5.41, 5.74) is 2.26. The van der Waals surface area contributed by atoms with Crippen LogP contribution in [-0.2, 0) is 30.7 Å². The van der Waals surface area contributed by atoms with Crippen LogP contribution >= 0.6 is 23.1 Å². The molecule has 0 spiro atoms. The number of nitrogens with zero attached hydrogens (tertiary/aromatic N) is 2. The molecule has 0 bridgehead atoms. The van der Waals surface area contributed by atoms with Gasteiger partial charge in [0.2, 0.25) is 0 Å². The second-order valence-electron chi connectivity index (χ2n) is 8.20. The van der Waals surface area contributed by atoms with E-state index in [4.69, 9.17) is 9.72 Å². The fourth-order valence-electron chi connectivity index (χ4n) is 3.71. The van der Waals surface area contributed by atoms with Gasteiger partial charge in [-0.05, 0) is 37.8 Å². The molecule has 0 radical (unpaired) electrons. The van der Waals surface area contributed by atoms with Gasteiger partial charge in [0.25, 0.3) is 5.56 Å². The van der Waals surface area contributed by atoms with Gasteiger partial charge in [0.05, 0.1) is 17.6 Å². The third kappa shape index (κ3) is 4.44. The minimum absolute atomic E-state index is 0.111. The molecule has 29 heavy (non-hydrogen) atoms. The van der Waals surface area contributed by atoms with Crippen molar-refractivity contribution in [2.45, 2.75) is 70.4 Å². The smallest absolute Gasteiger partial charge is 0.263 e. The lowest BCUT2D eigenvalue weighted by Gasteiger charge is -2.29. The molecular formula is C23H28N2O2S2. The number of thioether (sulfide) groups is 1. The van der Waals surface area contributed by atoms with Gasteiger partial charge in [-0.1, -0.05) is 55.4 Å². The van der Waals surface area contributed by atoms with Gasteiger partial charge in [0.15, 0.2) is 5.16 Å². The zero-order valence-electron chi connectivity index (χ0n) is 17.4. The normalized spacial score (nSPS) is 15.6. The molecule has 3 heterocycles. The summed E-state index contributed by atoms with van der Waals surface area (Å²) in [5, 5.41) is 1.67. The Morgan fingerprint density at radius 2 is 2.07 bits per heavy atom. The van der Waals surface area contributed by atoms with E-state index in [9.17, 15) is 4.79 Å². The number of fused-ring (bicyclic) bond motifs is 3. The molecule has 1 aliphatic rings. The third-order valence-electron chi connectivity index (χ3n) is 5.35. The molecule has 4 rings (SSSR count). The van der Waals surface area contributed by atoms with Gasteiger partial charge in [-0.15, -0.1) is 11.3 Å². The van der Waals surface area contributed by atoms with Crippen molar-refractivity contribution < 1.29 is 4.74 Å². The van der Waals surface area contributed by atoms with E-state index in [1.807, 2.05) is 22.8 Å². The number of aryl methyl sites for hydroxylation is 1. The maximum absolute atomic E-state index is 13.6. The number of thiophene rings is 1. The number of benzene rings is 1. The second-order valence-corrected chi connectivity index (χ2v) is 10.3. The maximum atomic E-state index is 13.6. The first kappa shape index (κ1) is 20.6. The van der Waals surface area contributed by atoms with Gasteiger partial charge in [-0.25, -0.2) is 4.98 Å². The van der Waals surface area contributed by atoms with E-state index in [-0.39, 0.29) is 11.2 Å². The number of ether oxygens (including phenoxy) is 1. The molecule has 0 aliphatic carbocycles. The lowest BCUT2D eigenvalue weighted by atomic mass is 9.94. The molecule has 6 heteroatoms. The van der Waals surface area contributed by atoms with Crippen LogP contribution in [0.2, 0.25) is 0 Å². The van der Waals surface area contributed by atoms with Gasteiger partial charge < -0.3 is 4.74 Å². The standard InChI is InChI=1S/C23H28N2O2S2/c1-4-5-13-28-22-24-20-19(17-14-23(2,3)27-15-18(17)29-20)21(26)25(22)12-11-16-9-7-6-8-10-16/h6-10H,4-5,11-15H2,1-3H3. The van der Waals surface area contributed by atoms with E-state index in [1.54, 1.807) is 23.1 Å². The van der Waals surface area contributed by atoms with Crippen LogP contribution in [0.3, 0.4) is 0 Å². The first-order valence-electron chi connectivity index (χ1n) is 10.3. The van der Waals surface area contributed by atoms with Crippen molar-refractivity contribution in [1.29, 1.82) is 0 Å². The van der Waals surface area contributed by atoms with Crippen LogP contribution in [0.15, 0.2) is 40.3 Å². The Labute approximate surface area is 180 Å². The van der Waals surface area contributed by atoms with Crippen molar-refractivity contribution in [2.24, 2.45) is 0 Å². The zero-order chi connectivity index (χ0) is 20.4. The van der Waals surface area contributed by atoms with Gasteiger partial charge in [0.1, 0.15) is 4.83 Å². The predicted octanol–water partition coefficient (Wildman–Crippen LogP) is 5.44. The average molecular weight is 429 g/mol. The van der Waals surface area contributed by atoms with E-state index in [0.717, 1.165) is 57.2 Å². The molecule has 1 aliphatic heterocycles. The highest BCUT2D eigenvalue weighted by Crippen LogP contribution is 2.37. The molecule has 0 amide bonds. The number of hydrogen-bond donors (Lipinski definition) is 0. The molecule has 2 aromatic heterocycles. The first-order chi connectivity index (χ1) is 14.0. The van der Waals surface area contributed by atoms with E-state index in [1.165, 1.54) is 5.56 Å². The Kier molecular flexibility index (Phi) is 6.13. The predicted molar refractivity (Wildman–Crippen MR) is 122 cm³/mol. The Balaban J connectivity index is 1.76. The Morgan fingerprint density at radius 3 is 2.83 bits per heavy atom. The monoisotopic (exact) mass is 428 g/mol. The van der Waals surface area contributed by atoms with Crippen LogP contribution in [0.1, 0.15) is 49.6 Å². The SMILES string of the molecule is CCCCSc1nc2sc3c(c2c(=O)n1CCc1ccccc1)CC(C)(C)OC3. The summed E-state index contributed by atoms with van der Waals surface area (Å²) in [6.45, 7) is 7.61. The van der Waals surface area contributed by atoms with Crippen molar-refractivity contribution in [3.05, 3.63) is 56.7 Å². The van der Waals surface area contributed by atoms with Crippen molar-refractivity contribution >= 4 is 33.3 Å². The van der Waals surface area contributed by atoms with Gasteiger partial charge in [0, 0.05) is 23.6 Å². The van der Waals surface area contributed by atoms with Crippen LogP contribution in [0.4, 0.5) is 0 Å². The molecule has 0 saturated carbocycles.